The van der Waals surface area contributed by atoms with Gasteiger partial charge in [-0.2, -0.15) is 0 Å². The molecule has 10 nitrogen and oxygen atoms in total. The van der Waals surface area contributed by atoms with Gasteiger partial charge in [-0.05, 0) is 19.8 Å². The van der Waals surface area contributed by atoms with Gasteiger partial charge in [0.2, 0.25) is 0 Å². The number of aliphatic hydroxyl groups excluding tert-OH is 1. The van der Waals surface area contributed by atoms with Gasteiger partial charge in [-0.25, -0.2) is 19.7 Å². The fourth-order valence-corrected chi connectivity index (χ4v) is 4.56. The van der Waals surface area contributed by atoms with Gasteiger partial charge in [0.15, 0.2) is 17.0 Å². The number of hydrogen-bond acceptors (Lipinski definition) is 9. The molecule has 33 heavy (non-hydrogen) atoms. The summed E-state index contributed by atoms with van der Waals surface area (Å²) in [5.41, 5.74) is 2.14. The molecule has 1 aliphatic carbocycles. The maximum atomic E-state index is 12.8. The van der Waals surface area contributed by atoms with Crippen molar-refractivity contribution in [2.45, 2.75) is 50.6 Å². The molecule has 174 valence electrons. The molecule has 0 spiro atoms. The number of allylic oxidation sites excluding steroid dienone is 2. The van der Waals surface area contributed by atoms with Gasteiger partial charge in [0.1, 0.15) is 18.6 Å². The first kappa shape index (κ1) is 21.6. The van der Waals surface area contributed by atoms with Crippen LogP contribution >= 0.6 is 0 Å². The van der Waals surface area contributed by atoms with E-state index in [1.165, 1.54) is 6.33 Å². The minimum absolute atomic E-state index is 0.0106. The lowest BCUT2D eigenvalue weighted by Gasteiger charge is -2.20. The maximum Gasteiger partial charge on any atom is 0.328 e. The number of nitrogens with one attached hydrogen (secondary N) is 2. The number of carbonyl (C=O) groups excluding carboxylic acids is 1. The largest absolute Gasteiger partial charge is 0.464 e. The van der Waals surface area contributed by atoms with Crippen LogP contribution in [0.2, 0.25) is 0 Å². The molecule has 3 N–H and O–H groups in total. The summed E-state index contributed by atoms with van der Waals surface area (Å²) < 4.78 is 13.1. The molecule has 0 bridgehead atoms. The first-order valence-electron chi connectivity index (χ1n) is 11.4. The van der Waals surface area contributed by atoms with Crippen LogP contribution in [0.3, 0.4) is 0 Å². The smallest absolute Gasteiger partial charge is 0.328 e. The summed E-state index contributed by atoms with van der Waals surface area (Å²) in [6.07, 6.45) is 15.1. The number of aromatic nitrogens is 4. The summed E-state index contributed by atoms with van der Waals surface area (Å²) in [5.74, 6) is 0.394. The number of nitrogens with zero attached hydrogens (tertiary/aromatic N) is 4. The van der Waals surface area contributed by atoms with Crippen molar-refractivity contribution in [3.63, 3.8) is 0 Å². The minimum Gasteiger partial charge on any atom is -0.464 e. The van der Waals surface area contributed by atoms with Gasteiger partial charge >= 0.3 is 5.97 Å². The van der Waals surface area contributed by atoms with Crippen molar-refractivity contribution < 1.29 is 19.4 Å². The first-order chi connectivity index (χ1) is 16.2. The lowest BCUT2D eigenvalue weighted by atomic mass is 9.98. The quantitative estimate of drug-likeness (QED) is 0.515. The zero-order chi connectivity index (χ0) is 22.8. The number of anilines is 1. The zero-order valence-electron chi connectivity index (χ0n) is 18.4. The molecular weight excluding hydrogens is 424 g/mol. The molecule has 2 aromatic rings. The molecule has 5 atom stereocenters. The molecular formula is C23H28N6O4. The second-order valence-electron chi connectivity index (χ2n) is 8.38. The van der Waals surface area contributed by atoms with Gasteiger partial charge in [-0.1, -0.05) is 30.4 Å². The molecule has 2 aliphatic heterocycles. The Morgan fingerprint density at radius 3 is 3.00 bits per heavy atom. The van der Waals surface area contributed by atoms with Gasteiger partial charge in [0, 0.05) is 18.0 Å². The van der Waals surface area contributed by atoms with Crippen LogP contribution in [0.15, 0.2) is 48.7 Å². The Bertz CT molecular complexity index is 1110. The summed E-state index contributed by atoms with van der Waals surface area (Å²) in [7, 11) is 0. The Morgan fingerprint density at radius 2 is 2.21 bits per heavy atom. The average Bonchev–Trinajstić information content (AvgIpc) is 3.56. The highest BCUT2D eigenvalue weighted by molar-refractivity contribution is 5.86. The highest BCUT2D eigenvalue weighted by atomic mass is 16.5. The van der Waals surface area contributed by atoms with Crippen molar-refractivity contribution in [1.82, 2.24) is 24.8 Å². The molecule has 3 aliphatic rings. The van der Waals surface area contributed by atoms with Gasteiger partial charge in [-0.3, -0.25) is 4.57 Å². The molecule has 0 saturated carbocycles. The van der Waals surface area contributed by atoms with Gasteiger partial charge in [0.05, 0.1) is 31.7 Å². The number of aliphatic hydroxyl groups is 1. The van der Waals surface area contributed by atoms with E-state index in [1.807, 2.05) is 16.7 Å². The van der Waals surface area contributed by atoms with Crippen molar-refractivity contribution in [2.75, 3.05) is 18.5 Å². The van der Waals surface area contributed by atoms with Gasteiger partial charge in [0.25, 0.3) is 0 Å². The highest BCUT2D eigenvalue weighted by Gasteiger charge is 2.31. The van der Waals surface area contributed by atoms with Crippen LogP contribution in [0.25, 0.3) is 11.2 Å². The summed E-state index contributed by atoms with van der Waals surface area (Å²) in [6, 6.07) is -0.426. The van der Waals surface area contributed by atoms with E-state index in [4.69, 9.17) is 9.47 Å². The van der Waals surface area contributed by atoms with Crippen LogP contribution in [0.5, 0.6) is 0 Å². The normalized spacial score (nSPS) is 26.7. The standard InChI is InChI=1S/C23H28N6O4/c1-2-32-23(31)18(10-15-9-14-5-3-4-6-17(14)27-15)28-21-20-22(25-12-24-21)29(13-26-20)19-8-7-16(11-30)33-19/h3-6,9,12-14,16-19,27,30H,2,7-8,10-11H2,1H3,(H,24,25,28)/t14?,16-,17?,18+,19+/m0/s1. The molecule has 10 heteroatoms. The molecule has 0 amide bonds. The average molecular weight is 453 g/mol. The summed E-state index contributed by atoms with van der Waals surface area (Å²) in [6.45, 7) is 2.07. The fourth-order valence-electron chi connectivity index (χ4n) is 4.56. The van der Waals surface area contributed by atoms with E-state index in [1.54, 1.807) is 13.3 Å². The zero-order valence-corrected chi connectivity index (χ0v) is 18.4. The first-order valence-corrected chi connectivity index (χ1v) is 11.4. The molecule has 2 aromatic heterocycles. The highest BCUT2D eigenvalue weighted by Crippen LogP contribution is 2.31. The number of rotatable bonds is 8. The van der Waals surface area contributed by atoms with E-state index >= 15 is 0 Å². The number of hydrogen-bond donors (Lipinski definition) is 3. The van der Waals surface area contributed by atoms with Gasteiger partial charge in [-0.15, -0.1) is 0 Å². The second kappa shape index (κ2) is 9.32. The Hall–Kier alpha value is -3.24. The van der Waals surface area contributed by atoms with Crippen LogP contribution < -0.4 is 10.6 Å². The van der Waals surface area contributed by atoms with E-state index in [2.05, 4.69) is 43.8 Å². The molecule has 4 heterocycles. The van der Waals surface area contributed by atoms with Crippen molar-refractivity contribution in [3.05, 3.63) is 48.7 Å². The van der Waals surface area contributed by atoms with Crippen LogP contribution in [0.4, 0.5) is 5.82 Å². The summed E-state index contributed by atoms with van der Waals surface area (Å²) in [5, 5.41) is 16.1. The maximum absolute atomic E-state index is 12.8. The molecule has 0 radical (unpaired) electrons. The van der Waals surface area contributed by atoms with Crippen molar-refractivity contribution in [3.8, 4) is 0 Å². The molecule has 5 rings (SSSR count). The van der Waals surface area contributed by atoms with Crippen LogP contribution in [0.1, 0.15) is 32.4 Å². The van der Waals surface area contributed by atoms with E-state index < -0.39 is 6.04 Å². The van der Waals surface area contributed by atoms with Crippen molar-refractivity contribution in [2.24, 2.45) is 5.92 Å². The van der Waals surface area contributed by atoms with Crippen LogP contribution in [-0.4, -0.2) is 62.0 Å². The second-order valence-corrected chi connectivity index (χ2v) is 8.38. The molecule has 1 fully saturated rings. The SMILES string of the molecule is CCOC(=O)[C@@H](CC1=CC2C=CC=CC2N1)Nc1ncnc2c1ncn2[C@H]1CC[C@@H](CO)O1. The minimum atomic E-state index is -0.637. The number of imidazole rings is 1. The molecule has 1 saturated heterocycles. The van der Waals surface area contributed by atoms with Crippen LogP contribution in [-0.2, 0) is 14.3 Å². The predicted molar refractivity (Wildman–Crippen MR) is 121 cm³/mol. The molecule has 2 unspecified atom stereocenters. The monoisotopic (exact) mass is 452 g/mol. The van der Waals surface area contributed by atoms with E-state index in [9.17, 15) is 9.90 Å². The van der Waals surface area contributed by atoms with Crippen LogP contribution in [0, 0.1) is 5.92 Å². The summed E-state index contributed by atoms with van der Waals surface area (Å²) in [4.78, 5) is 26.0. The third-order valence-electron chi connectivity index (χ3n) is 6.19. The van der Waals surface area contributed by atoms with E-state index in [0.29, 0.717) is 30.0 Å². The topological polar surface area (TPSA) is 123 Å². The molecule has 0 aromatic carbocycles. The lowest BCUT2D eigenvalue weighted by molar-refractivity contribution is -0.144. The predicted octanol–water partition coefficient (Wildman–Crippen LogP) is 1.83. The third kappa shape index (κ3) is 4.36. The Kier molecular flexibility index (Phi) is 6.10. The van der Waals surface area contributed by atoms with E-state index in [-0.39, 0.29) is 36.9 Å². The number of fused-ring (bicyclic) bond motifs is 2. The number of ether oxygens (including phenoxy) is 2. The van der Waals surface area contributed by atoms with Gasteiger partial charge < -0.3 is 25.2 Å². The van der Waals surface area contributed by atoms with Crippen molar-refractivity contribution in [1.29, 1.82) is 0 Å². The van der Waals surface area contributed by atoms with E-state index in [0.717, 1.165) is 18.5 Å². The third-order valence-corrected chi connectivity index (χ3v) is 6.19. The Labute approximate surface area is 191 Å². The fraction of sp³-hybridized carbons (Fsp3) is 0.478. The number of esters is 1. The number of carbonyl (C=O) groups is 1. The lowest BCUT2D eigenvalue weighted by Crippen LogP contribution is -2.35. The van der Waals surface area contributed by atoms with Crippen molar-refractivity contribution >= 4 is 23.0 Å². The summed E-state index contributed by atoms with van der Waals surface area (Å²) >= 11 is 0. The Balaban J connectivity index is 1.37. The Morgan fingerprint density at radius 1 is 1.33 bits per heavy atom.